The van der Waals surface area contributed by atoms with Crippen LogP contribution in [0.2, 0.25) is 0 Å². The van der Waals surface area contributed by atoms with Gasteiger partial charge in [0.15, 0.2) is 0 Å². The molecule has 0 spiro atoms. The summed E-state index contributed by atoms with van der Waals surface area (Å²) in [5, 5.41) is 0. The number of pyridine rings is 1. The van der Waals surface area contributed by atoms with E-state index >= 15 is 0 Å². The van der Waals surface area contributed by atoms with Crippen LogP contribution in [0.15, 0.2) is 42.6 Å². The first-order valence-electron chi connectivity index (χ1n) is 11.5. The number of rotatable bonds is 3. The van der Waals surface area contributed by atoms with Gasteiger partial charge in [0.2, 0.25) is 0 Å². The maximum Gasteiger partial charge on any atom is 0.128 e. The van der Waals surface area contributed by atoms with Crippen LogP contribution >= 0.6 is 0 Å². The number of benzene rings is 1. The Morgan fingerprint density at radius 3 is 2.47 bits per heavy atom. The quantitative estimate of drug-likeness (QED) is 0.673. The van der Waals surface area contributed by atoms with E-state index in [2.05, 4.69) is 54.6 Å². The van der Waals surface area contributed by atoms with Crippen molar-refractivity contribution in [2.75, 3.05) is 49.1 Å². The van der Waals surface area contributed by atoms with Gasteiger partial charge >= 0.3 is 0 Å². The molecule has 1 saturated carbocycles. The number of aromatic nitrogens is 3. The van der Waals surface area contributed by atoms with E-state index in [9.17, 15) is 0 Å². The Hall–Kier alpha value is -2.60. The van der Waals surface area contributed by atoms with Crippen LogP contribution < -0.4 is 9.80 Å². The molecule has 0 atom stereocenters. The molecule has 0 radical (unpaired) electrons. The van der Waals surface area contributed by atoms with E-state index in [1.807, 2.05) is 12.3 Å². The SMILES string of the molecule is c1ccc(N2CCN(c3ccc4c(c3)nc3n4CCN(C4CCC4)CC3)CC2)nc1. The number of piperazine rings is 1. The van der Waals surface area contributed by atoms with Gasteiger partial charge in [-0.15, -0.1) is 0 Å². The molecule has 156 valence electrons. The van der Waals surface area contributed by atoms with Crippen molar-refractivity contribution in [2.24, 2.45) is 0 Å². The minimum absolute atomic E-state index is 0.831. The van der Waals surface area contributed by atoms with Gasteiger partial charge < -0.3 is 14.4 Å². The first kappa shape index (κ1) is 18.2. The summed E-state index contributed by atoms with van der Waals surface area (Å²) in [6, 6.07) is 13.9. The largest absolute Gasteiger partial charge is 0.368 e. The maximum absolute atomic E-state index is 5.06. The summed E-state index contributed by atoms with van der Waals surface area (Å²) in [6.07, 6.45) is 7.14. The summed E-state index contributed by atoms with van der Waals surface area (Å²) in [5.74, 6) is 2.35. The monoisotopic (exact) mass is 402 g/mol. The van der Waals surface area contributed by atoms with Crippen molar-refractivity contribution in [2.45, 2.75) is 38.3 Å². The number of hydrogen-bond donors (Lipinski definition) is 0. The van der Waals surface area contributed by atoms with Crippen LogP contribution in [-0.2, 0) is 13.0 Å². The van der Waals surface area contributed by atoms with Crippen molar-refractivity contribution in [1.82, 2.24) is 19.4 Å². The molecule has 2 aliphatic heterocycles. The Labute approximate surface area is 178 Å². The van der Waals surface area contributed by atoms with Crippen molar-refractivity contribution in [3.05, 3.63) is 48.4 Å². The highest BCUT2D eigenvalue weighted by Gasteiger charge is 2.27. The van der Waals surface area contributed by atoms with Crippen LogP contribution in [0.1, 0.15) is 25.1 Å². The van der Waals surface area contributed by atoms with E-state index in [0.29, 0.717) is 0 Å². The minimum atomic E-state index is 0.831. The Balaban J connectivity index is 1.17. The zero-order valence-electron chi connectivity index (χ0n) is 17.6. The van der Waals surface area contributed by atoms with Crippen LogP contribution in [0, 0.1) is 0 Å². The van der Waals surface area contributed by atoms with Gasteiger partial charge in [0.05, 0.1) is 11.0 Å². The molecule has 6 nitrogen and oxygen atoms in total. The van der Waals surface area contributed by atoms with Crippen LogP contribution in [-0.4, -0.2) is 64.7 Å². The second kappa shape index (κ2) is 7.58. The van der Waals surface area contributed by atoms with Gasteiger partial charge in [-0.05, 0) is 43.2 Å². The van der Waals surface area contributed by atoms with E-state index in [0.717, 1.165) is 63.1 Å². The predicted octanol–water partition coefficient (Wildman–Crippen LogP) is 3.17. The fraction of sp³-hybridized carbons (Fsp3) is 0.500. The molecule has 1 saturated heterocycles. The molecule has 0 N–H and O–H groups in total. The molecule has 0 amide bonds. The molecule has 2 fully saturated rings. The number of hydrogen-bond acceptors (Lipinski definition) is 5. The normalized spacial score (nSPS) is 20.8. The lowest BCUT2D eigenvalue weighted by Crippen LogP contribution is -2.46. The lowest BCUT2D eigenvalue weighted by Gasteiger charge is -2.36. The van der Waals surface area contributed by atoms with Gasteiger partial charge in [0.25, 0.3) is 0 Å². The van der Waals surface area contributed by atoms with E-state index < -0.39 is 0 Å². The molecule has 1 aromatic carbocycles. The summed E-state index contributed by atoms with van der Waals surface area (Å²) < 4.78 is 2.47. The standard InChI is InChI=1S/C24H30N6/c1-2-10-25-23(6-1)29-14-12-28(13-15-29)20-7-8-22-21(18-20)26-24-9-11-27(16-17-30(22)24)19-4-3-5-19/h1-2,6-8,10,18-19H,3-5,9,11-17H2. The summed E-state index contributed by atoms with van der Waals surface area (Å²) in [4.78, 5) is 17.1. The van der Waals surface area contributed by atoms with E-state index in [1.165, 1.54) is 42.8 Å². The molecule has 6 rings (SSSR count). The summed E-state index contributed by atoms with van der Waals surface area (Å²) in [7, 11) is 0. The lowest BCUT2D eigenvalue weighted by molar-refractivity contribution is 0.130. The Kier molecular flexibility index (Phi) is 4.60. The highest BCUT2D eigenvalue weighted by atomic mass is 15.3. The second-order valence-electron chi connectivity index (χ2n) is 8.89. The molecular weight excluding hydrogens is 372 g/mol. The van der Waals surface area contributed by atoms with Gasteiger partial charge in [0.1, 0.15) is 11.6 Å². The average molecular weight is 403 g/mol. The predicted molar refractivity (Wildman–Crippen MR) is 121 cm³/mol. The highest BCUT2D eigenvalue weighted by molar-refractivity contribution is 5.80. The van der Waals surface area contributed by atoms with Crippen LogP contribution in [0.4, 0.5) is 11.5 Å². The van der Waals surface area contributed by atoms with Crippen molar-refractivity contribution >= 4 is 22.5 Å². The topological polar surface area (TPSA) is 40.4 Å². The van der Waals surface area contributed by atoms with E-state index in [4.69, 9.17) is 4.98 Å². The van der Waals surface area contributed by atoms with E-state index in [1.54, 1.807) is 0 Å². The van der Waals surface area contributed by atoms with E-state index in [-0.39, 0.29) is 0 Å². The lowest BCUT2D eigenvalue weighted by atomic mass is 9.91. The summed E-state index contributed by atoms with van der Waals surface area (Å²) in [5.41, 5.74) is 3.76. The molecule has 2 aromatic heterocycles. The van der Waals surface area contributed by atoms with Gasteiger partial charge in [-0.2, -0.15) is 0 Å². The highest BCUT2D eigenvalue weighted by Crippen LogP contribution is 2.29. The molecule has 3 aromatic rings. The average Bonchev–Trinajstić information content (AvgIpc) is 2.99. The Bertz CT molecular complexity index is 1020. The number of fused-ring (bicyclic) bond motifs is 3. The third-order valence-corrected chi connectivity index (χ3v) is 7.25. The molecule has 0 bridgehead atoms. The number of anilines is 2. The zero-order chi connectivity index (χ0) is 19.9. The minimum Gasteiger partial charge on any atom is -0.368 e. The fourth-order valence-corrected chi connectivity index (χ4v) is 5.24. The molecule has 1 aliphatic carbocycles. The maximum atomic E-state index is 5.06. The Morgan fingerprint density at radius 2 is 1.70 bits per heavy atom. The van der Waals surface area contributed by atoms with Crippen LogP contribution in [0.5, 0.6) is 0 Å². The van der Waals surface area contributed by atoms with Gasteiger partial charge in [-0.3, -0.25) is 4.90 Å². The third-order valence-electron chi connectivity index (χ3n) is 7.25. The van der Waals surface area contributed by atoms with Crippen molar-refractivity contribution < 1.29 is 0 Å². The number of nitrogens with zero attached hydrogens (tertiary/aromatic N) is 6. The van der Waals surface area contributed by atoms with Crippen molar-refractivity contribution in [3.8, 4) is 0 Å². The van der Waals surface area contributed by atoms with Gasteiger partial charge in [-0.25, -0.2) is 9.97 Å². The number of imidazole rings is 1. The molecular formula is C24H30N6. The first-order chi connectivity index (χ1) is 14.8. The molecule has 6 heteroatoms. The smallest absolute Gasteiger partial charge is 0.128 e. The van der Waals surface area contributed by atoms with Crippen molar-refractivity contribution in [3.63, 3.8) is 0 Å². The van der Waals surface area contributed by atoms with Gasteiger partial charge in [0, 0.05) is 70.2 Å². The molecule has 3 aliphatic rings. The molecule has 4 heterocycles. The van der Waals surface area contributed by atoms with Crippen molar-refractivity contribution in [1.29, 1.82) is 0 Å². The zero-order valence-corrected chi connectivity index (χ0v) is 17.6. The summed E-state index contributed by atoms with van der Waals surface area (Å²) in [6.45, 7) is 7.45. The Morgan fingerprint density at radius 1 is 0.833 bits per heavy atom. The fourth-order valence-electron chi connectivity index (χ4n) is 5.24. The van der Waals surface area contributed by atoms with Gasteiger partial charge in [-0.1, -0.05) is 12.5 Å². The molecule has 30 heavy (non-hydrogen) atoms. The molecule has 0 unspecified atom stereocenters. The van der Waals surface area contributed by atoms with Crippen LogP contribution in [0.25, 0.3) is 11.0 Å². The second-order valence-corrected chi connectivity index (χ2v) is 8.89. The van der Waals surface area contributed by atoms with Crippen LogP contribution in [0.3, 0.4) is 0 Å². The first-order valence-corrected chi connectivity index (χ1v) is 11.5. The third kappa shape index (κ3) is 3.23. The summed E-state index contributed by atoms with van der Waals surface area (Å²) >= 11 is 0.